The molecule has 0 N–H and O–H groups in total. The molecular formula is C13H15NO2. The molecule has 1 aromatic rings. The Morgan fingerprint density at radius 2 is 2.12 bits per heavy atom. The molecule has 2 atom stereocenters. The fraction of sp³-hybridized carbons (Fsp3) is 0.462. The van der Waals surface area contributed by atoms with Crippen LogP contribution in [0.3, 0.4) is 0 Å². The van der Waals surface area contributed by atoms with E-state index in [-0.39, 0.29) is 12.1 Å². The van der Waals surface area contributed by atoms with E-state index >= 15 is 0 Å². The summed E-state index contributed by atoms with van der Waals surface area (Å²) in [6.45, 7) is 2.86. The van der Waals surface area contributed by atoms with E-state index in [0.29, 0.717) is 0 Å². The molecule has 2 fully saturated rings. The average Bonchev–Trinajstić information content (AvgIpc) is 2.86. The number of benzene rings is 1. The summed E-state index contributed by atoms with van der Waals surface area (Å²) >= 11 is 0. The molecule has 0 aromatic heterocycles. The normalized spacial score (nSPS) is 32.7. The van der Waals surface area contributed by atoms with Crippen LogP contribution in [0.4, 0.5) is 4.79 Å². The van der Waals surface area contributed by atoms with E-state index in [4.69, 9.17) is 4.74 Å². The van der Waals surface area contributed by atoms with Crippen LogP contribution in [0.5, 0.6) is 0 Å². The topological polar surface area (TPSA) is 29.5 Å². The van der Waals surface area contributed by atoms with Crippen LogP contribution in [0.25, 0.3) is 0 Å². The van der Waals surface area contributed by atoms with Gasteiger partial charge >= 0.3 is 6.09 Å². The molecule has 2 heterocycles. The Hall–Kier alpha value is -1.51. The Bertz CT molecular complexity index is 417. The summed E-state index contributed by atoms with van der Waals surface area (Å²) in [7, 11) is 0. The highest BCUT2D eigenvalue weighted by atomic mass is 16.6. The highest BCUT2D eigenvalue weighted by Crippen LogP contribution is 2.43. The van der Waals surface area contributed by atoms with Crippen molar-refractivity contribution in [3.63, 3.8) is 0 Å². The maximum Gasteiger partial charge on any atom is 0.411 e. The van der Waals surface area contributed by atoms with Gasteiger partial charge in [-0.05, 0) is 25.3 Å². The molecule has 1 amide bonds. The second-order valence-electron chi connectivity index (χ2n) is 4.69. The van der Waals surface area contributed by atoms with Gasteiger partial charge in [0.2, 0.25) is 0 Å². The zero-order chi connectivity index (χ0) is 11.2. The standard InChI is InChI=1S/C13H15NO2/c1-13(10-6-3-2-4-7-10)11-8-5-9-14(11)12(15)16-13/h2-4,6-7,11H,5,8-9H2,1H3/t11-,13+/m0/s1. The molecular weight excluding hydrogens is 202 g/mol. The van der Waals surface area contributed by atoms with Crippen LogP contribution < -0.4 is 0 Å². The molecule has 0 spiro atoms. The molecule has 0 aliphatic carbocycles. The van der Waals surface area contributed by atoms with Crippen molar-refractivity contribution in [3.8, 4) is 0 Å². The van der Waals surface area contributed by atoms with Gasteiger partial charge in [-0.15, -0.1) is 0 Å². The summed E-state index contributed by atoms with van der Waals surface area (Å²) < 4.78 is 5.59. The number of carbonyl (C=O) groups excluding carboxylic acids is 1. The molecule has 2 aliphatic heterocycles. The third-order valence-corrected chi connectivity index (χ3v) is 3.77. The molecule has 3 heteroatoms. The summed E-state index contributed by atoms with van der Waals surface area (Å²) in [6, 6.07) is 10.3. The third-order valence-electron chi connectivity index (χ3n) is 3.77. The number of fused-ring (bicyclic) bond motifs is 1. The van der Waals surface area contributed by atoms with Crippen molar-refractivity contribution < 1.29 is 9.53 Å². The minimum absolute atomic E-state index is 0.158. The van der Waals surface area contributed by atoms with Crippen LogP contribution in [0.15, 0.2) is 30.3 Å². The van der Waals surface area contributed by atoms with Crippen molar-refractivity contribution in [1.82, 2.24) is 4.90 Å². The van der Waals surface area contributed by atoms with Gasteiger partial charge < -0.3 is 9.64 Å². The number of hydrogen-bond donors (Lipinski definition) is 0. The molecule has 0 saturated carbocycles. The second-order valence-corrected chi connectivity index (χ2v) is 4.69. The van der Waals surface area contributed by atoms with Gasteiger partial charge in [0.15, 0.2) is 5.60 Å². The maximum absolute atomic E-state index is 11.7. The van der Waals surface area contributed by atoms with Crippen molar-refractivity contribution >= 4 is 6.09 Å². The van der Waals surface area contributed by atoms with E-state index in [0.717, 1.165) is 24.9 Å². The lowest BCUT2D eigenvalue weighted by atomic mass is 9.87. The largest absolute Gasteiger partial charge is 0.436 e. The first-order valence-electron chi connectivity index (χ1n) is 5.77. The van der Waals surface area contributed by atoms with Crippen LogP contribution in [0, 0.1) is 0 Å². The van der Waals surface area contributed by atoms with Crippen molar-refractivity contribution in [2.24, 2.45) is 0 Å². The lowest BCUT2D eigenvalue weighted by molar-refractivity contribution is 0.0484. The minimum atomic E-state index is -0.463. The fourth-order valence-electron chi connectivity index (χ4n) is 2.89. The van der Waals surface area contributed by atoms with Crippen LogP contribution in [0.2, 0.25) is 0 Å². The van der Waals surface area contributed by atoms with Gasteiger partial charge in [0, 0.05) is 6.54 Å². The van der Waals surface area contributed by atoms with Crippen molar-refractivity contribution in [2.75, 3.05) is 6.54 Å². The number of amides is 1. The third kappa shape index (κ3) is 1.17. The molecule has 2 aliphatic rings. The molecule has 84 valence electrons. The molecule has 1 aromatic carbocycles. The monoisotopic (exact) mass is 217 g/mol. The summed E-state index contributed by atoms with van der Waals surface area (Å²) in [6.07, 6.45) is 1.97. The van der Waals surface area contributed by atoms with Gasteiger partial charge in [-0.3, -0.25) is 0 Å². The Morgan fingerprint density at radius 1 is 1.38 bits per heavy atom. The SMILES string of the molecule is C[C@]1(c2ccccc2)OC(=O)N2CCC[C@H]21. The summed E-state index contributed by atoms with van der Waals surface area (Å²) in [5.74, 6) is 0. The van der Waals surface area contributed by atoms with Gasteiger partial charge in [-0.2, -0.15) is 0 Å². The highest BCUT2D eigenvalue weighted by molar-refractivity contribution is 5.72. The number of cyclic esters (lactones) is 1. The lowest BCUT2D eigenvalue weighted by Crippen LogP contribution is -2.37. The van der Waals surface area contributed by atoms with Gasteiger partial charge in [0.05, 0.1) is 6.04 Å². The van der Waals surface area contributed by atoms with Crippen molar-refractivity contribution in [2.45, 2.75) is 31.4 Å². The zero-order valence-corrected chi connectivity index (χ0v) is 9.35. The first-order valence-corrected chi connectivity index (χ1v) is 5.77. The molecule has 0 radical (unpaired) electrons. The van der Waals surface area contributed by atoms with Crippen molar-refractivity contribution in [1.29, 1.82) is 0 Å². The molecule has 0 unspecified atom stereocenters. The van der Waals surface area contributed by atoms with E-state index in [9.17, 15) is 4.79 Å². The molecule has 3 rings (SSSR count). The molecule has 0 bridgehead atoms. The zero-order valence-electron chi connectivity index (χ0n) is 9.35. The Morgan fingerprint density at radius 3 is 2.88 bits per heavy atom. The summed E-state index contributed by atoms with van der Waals surface area (Å²) in [5.41, 5.74) is 0.632. The second kappa shape index (κ2) is 3.24. The van der Waals surface area contributed by atoms with Gasteiger partial charge in [0.1, 0.15) is 0 Å². The van der Waals surface area contributed by atoms with Gasteiger partial charge in [-0.25, -0.2) is 4.79 Å². The van der Waals surface area contributed by atoms with E-state index in [2.05, 4.69) is 0 Å². The number of carbonyl (C=O) groups is 1. The Balaban J connectivity index is 2.03. The quantitative estimate of drug-likeness (QED) is 0.723. The van der Waals surface area contributed by atoms with E-state index in [1.54, 1.807) is 0 Å². The van der Waals surface area contributed by atoms with Crippen LogP contribution >= 0.6 is 0 Å². The molecule has 16 heavy (non-hydrogen) atoms. The van der Waals surface area contributed by atoms with Crippen LogP contribution in [-0.2, 0) is 10.3 Å². The number of hydrogen-bond acceptors (Lipinski definition) is 2. The first-order chi connectivity index (χ1) is 7.72. The smallest absolute Gasteiger partial charge is 0.411 e. The Kier molecular flexibility index (Phi) is 1.96. The lowest BCUT2D eigenvalue weighted by Gasteiger charge is -2.28. The summed E-state index contributed by atoms with van der Waals surface area (Å²) in [4.78, 5) is 13.6. The van der Waals surface area contributed by atoms with E-state index < -0.39 is 5.60 Å². The van der Waals surface area contributed by atoms with Crippen molar-refractivity contribution in [3.05, 3.63) is 35.9 Å². The predicted octanol–water partition coefficient (Wildman–Crippen LogP) is 2.52. The predicted molar refractivity (Wildman–Crippen MR) is 60.0 cm³/mol. The number of rotatable bonds is 1. The van der Waals surface area contributed by atoms with E-state index in [1.807, 2.05) is 42.2 Å². The number of nitrogens with zero attached hydrogens (tertiary/aromatic N) is 1. The first kappa shape index (κ1) is 9.70. The Labute approximate surface area is 95.0 Å². The highest BCUT2D eigenvalue weighted by Gasteiger charge is 2.53. The molecule has 2 saturated heterocycles. The van der Waals surface area contributed by atoms with E-state index in [1.165, 1.54) is 0 Å². The van der Waals surface area contributed by atoms with Gasteiger partial charge in [0.25, 0.3) is 0 Å². The van der Waals surface area contributed by atoms with Crippen LogP contribution in [-0.4, -0.2) is 23.6 Å². The fourth-order valence-corrected chi connectivity index (χ4v) is 2.89. The number of ether oxygens (including phenoxy) is 1. The summed E-state index contributed by atoms with van der Waals surface area (Å²) in [5, 5.41) is 0. The van der Waals surface area contributed by atoms with Gasteiger partial charge in [-0.1, -0.05) is 30.3 Å². The minimum Gasteiger partial charge on any atom is -0.436 e. The maximum atomic E-state index is 11.7. The molecule has 3 nitrogen and oxygen atoms in total. The average molecular weight is 217 g/mol. The van der Waals surface area contributed by atoms with Crippen LogP contribution in [0.1, 0.15) is 25.3 Å².